The first-order valence-electron chi connectivity index (χ1n) is 7.57. The molecule has 1 aliphatic heterocycles. The van der Waals surface area contributed by atoms with E-state index < -0.39 is 0 Å². The predicted molar refractivity (Wildman–Crippen MR) is 78.2 cm³/mol. The van der Waals surface area contributed by atoms with Gasteiger partial charge in [-0.2, -0.15) is 0 Å². The third kappa shape index (κ3) is 4.59. The quantitative estimate of drug-likeness (QED) is 0.818. The lowest BCUT2D eigenvalue weighted by Crippen LogP contribution is -2.23. The Morgan fingerprint density at radius 2 is 2.37 bits per heavy atom. The van der Waals surface area contributed by atoms with Gasteiger partial charge in [0, 0.05) is 24.5 Å². The second-order valence-corrected chi connectivity index (χ2v) is 5.45. The second kappa shape index (κ2) is 7.61. The summed E-state index contributed by atoms with van der Waals surface area (Å²) in [5.74, 6) is 0. The third-order valence-electron chi connectivity index (χ3n) is 3.78. The van der Waals surface area contributed by atoms with Crippen LogP contribution in [-0.4, -0.2) is 24.2 Å². The maximum absolute atomic E-state index is 5.72. The van der Waals surface area contributed by atoms with E-state index in [0.29, 0.717) is 12.1 Å². The van der Waals surface area contributed by atoms with Gasteiger partial charge in [0.1, 0.15) is 0 Å². The largest absolute Gasteiger partial charge is 0.378 e. The van der Waals surface area contributed by atoms with E-state index in [4.69, 9.17) is 4.74 Å². The molecule has 106 valence electrons. The fourth-order valence-electron chi connectivity index (χ4n) is 2.62. The SMILES string of the molecule is CCCNC(CCC1CCCO1)c1ccc(C)nc1. The molecule has 0 aliphatic carbocycles. The molecule has 2 rings (SSSR count). The maximum Gasteiger partial charge on any atom is 0.0576 e. The molecular formula is C16H26N2O. The standard InChI is InChI=1S/C16H26N2O/c1-3-10-17-16(9-8-15-5-4-11-19-15)14-7-6-13(2)18-12-14/h6-7,12,15-17H,3-5,8-11H2,1-2H3. The number of rotatable bonds is 7. The molecule has 1 aromatic rings. The predicted octanol–water partition coefficient (Wildman–Crippen LogP) is 3.39. The number of ether oxygens (including phenoxy) is 1. The normalized spacial score (nSPS) is 20.6. The Morgan fingerprint density at radius 1 is 1.47 bits per heavy atom. The minimum Gasteiger partial charge on any atom is -0.378 e. The molecule has 2 atom stereocenters. The highest BCUT2D eigenvalue weighted by Crippen LogP contribution is 2.23. The van der Waals surface area contributed by atoms with E-state index in [2.05, 4.69) is 29.4 Å². The van der Waals surface area contributed by atoms with Gasteiger partial charge in [-0.15, -0.1) is 0 Å². The van der Waals surface area contributed by atoms with Crippen molar-refractivity contribution in [1.29, 1.82) is 0 Å². The van der Waals surface area contributed by atoms with Crippen LogP contribution in [0.5, 0.6) is 0 Å². The summed E-state index contributed by atoms with van der Waals surface area (Å²) < 4.78 is 5.72. The van der Waals surface area contributed by atoms with Gasteiger partial charge in [0.15, 0.2) is 0 Å². The summed E-state index contributed by atoms with van der Waals surface area (Å²) in [4.78, 5) is 4.42. The maximum atomic E-state index is 5.72. The van der Waals surface area contributed by atoms with E-state index in [1.165, 1.54) is 18.4 Å². The summed E-state index contributed by atoms with van der Waals surface area (Å²) in [6.07, 6.45) is 8.39. The first kappa shape index (κ1) is 14.5. The Kier molecular flexibility index (Phi) is 5.80. The van der Waals surface area contributed by atoms with E-state index in [1.807, 2.05) is 13.1 Å². The Morgan fingerprint density at radius 3 is 3.00 bits per heavy atom. The molecule has 2 unspecified atom stereocenters. The molecule has 0 amide bonds. The Labute approximate surface area is 116 Å². The van der Waals surface area contributed by atoms with Crippen LogP contribution in [0, 0.1) is 6.92 Å². The number of aromatic nitrogens is 1. The highest BCUT2D eigenvalue weighted by atomic mass is 16.5. The summed E-state index contributed by atoms with van der Waals surface area (Å²) in [7, 11) is 0. The fraction of sp³-hybridized carbons (Fsp3) is 0.688. The molecule has 0 spiro atoms. The van der Waals surface area contributed by atoms with Crippen molar-refractivity contribution in [3.63, 3.8) is 0 Å². The third-order valence-corrected chi connectivity index (χ3v) is 3.78. The van der Waals surface area contributed by atoms with Crippen LogP contribution in [0.15, 0.2) is 18.3 Å². The first-order chi connectivity index (χ1) is 9.29. The molecule has 1 saturated heterocycles. The highest BCUT2D eigenvalue weighted by Gasteiger charge is 2.18. The molecule has 19 heavy (non-hydrogen) atoms. The zero-order valence-electron chi connectivity index (χ0n) is 12.2. The number of hydrogen-bond acceptors (Lipinski definition) is 3. The smallest absolute Gasteiger partial charge is 0.0576 e. The van der Waals surface area contributed by atoms with E-state index >= 15 is 0 Å². The Hall–Kier alpha value is -0.930. The van der Waals surface area contributed by atoms with Gasteiger partial charge in [0.05, 0.1) is 6.10 Å². The topological polar surface area (TPSA) is 34.1 Å². The first-order valence-corrected chi connectivity index (χ1v) is 7.57. The van der Waals surface area contributed by atoms with Gasteiger partial charge in [-0.3, -0.25) is 4.98 Å². The van der Waals surface area contributed by atoms with Crippen molar-refractivity contribution in [1.82, 2.24) is 10.3 Å². The van der Waals surface area contributed by atoms with Crippen LogP contribution in [0.2, 0.25) is 0 Å². The lowest BCUT2D eigenvalue weighted by atomic mass is 10.00. The lowest BCUT2D eigenvalue weighted by Gasteiger charge is -2.20. The van der Waals surface area contributed by atoms with Crippen LogP contribution >= 0.6 is 0 Å². The molecule has 1 fully saturated rings. The van der Waals surface area contributed by atoms with Crippen molar-refractivity contribution in [2.75, 3.05) is 13.2 Å². The molecular weight excluding hydrogens is 236 g/mol. The fourth-order valence-corrected chi connectivity index (χ4v) is 2.62. The molecule has 0 bridgehead atoms. The van der Waals surface area contributed by atoms with Crippen LogP contribution < -0.4 is 5.32 Å². The van der Waals surface area contributed by atoms with Crippen LogP contribution in [0.25, 0.3) is 0 Å². The van der Waals surface area contributed by atoms with E-state index in [9.17, 15) is 0 Å². The molecule has 1 aromatic heterocycles. The van der Waals surface area contributed by atoms with Crippen molar-refractivity contribution in [2.45, 2.75) is 58.1 Å². The van der Waals surface area contributed by atoms with Gasteiger partial charge in [-0.05, 0) is 57.2 Å². The van der Waals surface area contributed by atoms with Crippen LogP contribution in [0.3, 0.4) is 0 Å². The molecule has 3 nitrogen and oxygen atoms in total. The zero-order chi connectivity index (χ0) is 13.5. The van der Waals surface area contributed by atoms with Crippen molar-refractivity contribution in [3.05, 3.63) is 29.6 Å². The van der Waals surface area contributed by atoms with Crippen molar-refractivity contribution in [2.24, 2.45) is 0 Å². The van der Waals surface area contributed by atoms with E-state index in [1.54, 1.807) is 0 Å². The monoisotopic (exact) mass is 262 g/mol. The molecule has 2 heterocycles. The van der Waals surface area contributed by atoms with Gasteiger partial charge in [0.25, 0.3) is 0 Å². The summed E-state index contributed by atoms with van der Waals surface area (Å²) in [5, 5.41) is 3.63. The van der Waals surface area contributed by atoms with Gasteiger partial charge in [-0.25, -0.2) is 0 Å². The molecule has 0 aromatic carbocycles. The average Bonchev–Trinajstić information content (AvgIpc) is 2.93. The summed E-state index contributed by atoms with van der Waals surface area (Å²) >= 11 is 0. The minimum atomic E-state index is 0.414. The van der Waals surface area contributed by atoms with Gasteiger partial charge in [0.2, 0.25) is 0 Å². The Balaban J connectivity index is 1.91. The number of hydrogen-bond donors (Lipinski definition) is 1. The van der Waals surface area contributed by atoms with Gasteiger partial charge < -0.3 is 10.1 Å². The van der Waals surface area contributed by atoms with Crippen molar-refractivity contribution >= 4 is 0 Å². The molecule has 3 heteroatoms. The molecule has 0 radical (unpaired) electrons. The molecule has 1 aliphatic rings. The number of nitrogens with one attached hydrogen (secondary N) is 1. The number of aryl methyl sites for hydroxylation is 1. The van der Waals surface area contributed by atoms with E-state index in [0.717, 1.165) is 38.1 Å². The number of nitrogens with zero attached hydrogens (tertiary/aromatic N) is 1. The van der Waals surface area contributed by atoms with Gasteiger partial charge in [-0.1, -0.05) is 13.0 Å². The Bertz CT molecular complexity index is 358. The summed E-state index contributed by atoms with van der Waals surface area (Å²) in [6, 6.07) is 4.71. The molecule has 1 N–H and O–H groups in total. The van der Waals surface area contributed by atoms with Gasteiger partial charge >= 0.3 is 0 Å². The van der Waals surface area contributed by atoms with Crippen LogP contribution in [-0.2, 0) is 4.74 Å². The minimum absolute atomic E-state index is 0.414. The average molecular weight is 262 g/mol. The van der Waals surface area contributed by atoms with Crippen LogP contribution in [0.1, 0.15) is 56.3 Å². The molecule has 0 saturated carbocycles. The summed E-state index contributed by atoms with van der Waals surface area (Å²) in [6.45, 7) is 6.25. The van der Waals surface area contributed by atoms with Crippen molar-refractivity contribution < 1.29 is 4.74 Å². The highest BCUT2D eigenvalue weighted by molar-refractivity contribution is 5.17. The number of pyridine rings is 1. The lowest BCUT2D eigenvalue weighted by molar-refractivity contribution is 0.0996. The summed E-state index contributed by atoms with van der Waals surface area (Å²) in [5.41, 5.74) is 2.38. The van der Waals surface area contributed by atoms with Crippen molar-refractivity contribution in [3.8, 4) is 0 Å². The van der Waals surface area contributed by atoms with E-state index in [-0.39, 0.29) is 0 Å². The zero-order valence-corrected chi connectivity index (χ0v) is 12.2. The van der Waals surface area contributed by atoms with Crippen LogP contribution in [0.4, 0.5) is 0 Å². The second-order valence-electron chi connectivity index (χ2n) is 5.45.